The Morgan fingerprint density at radius 1 is 1.17 bits per heavy atom. The number of likely N-dealkylation sites (N-methyl/N-ethyl adjacent to an activating group) is 1. The molecule has 0 unspecified atom stereocenters. The minimum absolute atomic E-state index is 0.00892. The number of nitrogens with zero attached hydrogens (tertiary/aromatic N) is 2. The average molecular weight is 585 g/mol. The number of carbonyl (C=O) groups is 1. The van der Waals surface area contributed by atoms with E-state index >= 15 is 0 Å². The lowest BCUT2D eigenvalue weighted by molar-refractivity contribution is -0.117. The zero-order valence-electron chi connectivity index (χ0n) is 27.8. The third kappa shape index (κ3) is 16.5. The van der Waals surface area contributed by atoms with Crippen molar-refractivity contribution < 1.29 is 18.7 Å². The van der Waals surface area contributed by atoms with Crippen LogP contribution in [0, 0.1) is 29.0 Å². The van der Waals surface area contributed by atoms with Crippen molar-refractivity contribution >= 4 is 11.5 Å². The first-order valence-electron chi connectivity index (χ1n) is 14.4. The van der Waals surface area contributed by atoms with Crippen LogP contribution in [-0.2, 0) is 4.79 Å². The van der Waals surface area contributed by atoms with E-state index < -0.39 is 17.2 Å². The highest BCUT2D eigenvalue weighted by Gasteiger charge is 2.18. The number of allylic oxidation sites excluding steroid dienone is 7. The van der Waals surface area contributed by atoms with Crippen molar-refractivity contribution in [3.63, 3.8) is 0 Å². The molecule has 1 aromatic carbocycles. The molecule has 0 aliphatic rings. The smallest absolute Gasteiger partial charge is 0.165 e. The fourth-order valence-electron chi connectivity index (χ4n) is 2.78. The van der Waals surface area contributed by atoms with Gasteiger partial charge >= 0.3 is 0 Å². The van der Waals surface area contributed by atoms with E-state index in [9.17, 15) is 13.6 Å². The second kappa shape index (κ2) is 22.9. The molecule has 234 valence electrons. The number of alkyl halides is 1. The first-order valence-corrected chi connectivity index (χ1v) is 14.4. The summed E-state index contributed by atoms with van der Waals surface area (Å²) < 4.78 is 26.4. The topological polar surface area (TPSA) is 64.3 Å². The maximum Gasteiger partial charge on any atom is 0.165 e. The molecule has 1 N–H and O–H groups in total. The van der Waals surface area contributed by atoms with Crippen LogP contribution in [0.3, 0.4) is 0 Å². The van der Waals surface area contributed by atoms with Crippen LogP contribution >= 0.6 is 0 Å². The Labute approximate surface area is 255 Å². The summed E-state index contributed by atoms with van der Waals surface area (Å²) in [5.41, 5.74) is 0.734. The lowest BCUT2D eigenvalue weighted by atomic mass is 9.97. The average Bonchev–Trinajstić information content (AvgIpc) is 2.96. The van der Waals surface area contributed by atoms with Gasteiger partial charge in [0.05, 0.1) is 5.56 Å². The summed E-state index contributed by atoms with van der Waals surface area (Å²) in [6, 6.07) is 6.20. The molecule has 0 aliphatic heterocycles. The summed E-state index contributed by atoms with van der Waals surface area (Å²) in [6.07, 6.45) is 11.2. The molecule has 0 bridgehead atoms. The van der Waals surface area contributed by atoms with Crippen LogP contribution in [-0.4, -0.2) is 28.5 Å². The molecule has 1 rings (SSSR count). The summed E-state index contributed by atoms with van der Waals surface area (Å²) in [6.45, 7) is 29.2. The van der Waals surface area contributed by atoms with Crippen LogP contribution in [0.25, 0.3) is 5.70 Å². The molecule has 0 saturated carbocycles. The Balaban J connectivity index is -0.000000833. The molecule has 0 saturated heterocycles. The molecule has 0 fully saturated rings. The fourth-order valence-corrected chi connectivity index (χ4v) is 2.78. The second-order valence-corrected chi connectivity index (χ2v) is 10.0. The van der Waals surface area contributed by atoms with E-state index in [2.05, 4.69) is 40.5 Å². The molecule has 0 aromatic heterocycles. The largest absolute Gasteiger partial charge is 0.510 e. The van der Waals surface area contributed by atoms with Crippen LogP contribution in [0.2, 0.25) is 0 Å². The SMILES string of the molecule is C=C(O)C(C)(C)F.C=C/C=C(\C=C)N(C)/C(=C\C(=C/C)C(=O)C(C)C)c1ccc(C#N)c(F)c1.CC.CCC(C)CC. The summed E-state index contributed by atoms with van der Waals surface area (Å²) in [5.74, 6) is -0.276. The molecule has 1 aromatic rings. The Kier molecular flexibility index (Phi) is 23.3. The van der Waals surface area contributed by atoms with Gasteiger partial charge in [-0.2, -0.15) is 5.26 Å². The fraction of sp³-hybridized carbons (Fsp3) is 0.444. The summed E-state index contributed by atoms with van der Waals surface area (Å²) in [5, 5.41) is 17.3. The van der Waals surface area contributed by atoms with Gasteiger partial charge in [-0.05, 0) is 57.0 Å². The van der Waals surface area contributed by atoms with Crippen molar-refractivity contribution in [2.45, 2.75) is 87.7 Å². The van der Waals surface area contributed by atoms with Gasteiger partial charge in [0.1, 0.15) is 17.6 Å². The summed E-state index contributed by atoms with van der Waals surface area (Å²) in [4.78, 5) is 14.3. The number of ketones is 1. The molecular weight excluding hydrogens is 530 g/mol. The first-order chi connectivity index (χ1) is 19.5. The minimum atomic E-state index is -1.64. The van der Waals surface area contributed by atoms with Crippen LogP contribution in [0.5, 0.6) is 0 Å². The van der Waals surface area contributed by atoms with Gasteiger partial charge in [0.25, 0.3) is 0 Å². The molecule has 0 spiro atoms. The molecule has 0 heterocycles. The molecule has 4 nitrogen and oxygen atoms in total. The quantitative estimate of drug-likeness (QED) is 0.160. The van der Waals surface area contributed by atoms with Gasteiger partial charge in [-0.25, -0.2) is 8.78 Å². The molecule has 42 heavy (non-hydrogen) atoms. The van der Waals surface area contributed by atoms with Crippen molar-refractivity contribution in [1.82, 2.24) is 4.90 Å². The number of benzene rings is 1. The number of carbonyl (C=O) groups excluding carboxylic acids is 1. The van der Waals surface area contributed by atoms with E-state index in [1.165, 1.54) is 38.8 Å². The molecule has 6 heteroatoms. The second-order valence-electron chi connectivity index (χ2n) is 10.0. The molecule has 0 atom stereocenters. The number of aliphatic hydroxyl groups excluding tert-OH is 1. The monoisotopic (exact) mass is 584 g/mol. The van der Waals surface area contributed by atoms with Crippen LogP contribution in [0.15, 0.2) is 85.3 Å². The van der Waals surface area contributed by atoms with Crippen molar-refractivity contribution in [3.05, 3.63) is 102 Å². The van der Waals surface area contributed by atoms with Gasteiger partial charge in [-0.3, -0.25) is 4.79 Å². The van der Waals surface area contributed by atoms with E-state index in [0.29, 0.717) is 16.8 Å². The third-order valence-electron chi connectivity index (χ3n) is 6.12. The number of hydrogen-bond acceptors (Lipinski definition) is 4. The zero-order valence-corrected chi connectivity index (χ0v) is 27.8. The predicted molar refractivity (Wildman–Crippen MR) is 177 cm³/mol. The Morgan fingerprint density at radius 3 is 1.95 bits per heavy atom. The van der Waals surface area contributed by atoms with E-state index in [1.54, 1.807) is 55.3 Å². The molecular formula is C36H54F2N2O2. The van der Waals surface area contributed by atoms with Gasteiger partial charge in [-0.1, -0.05) is 99.3 Å². The normalized spacial score (nSPS) is 11.5. The van der Waals surface area contributed by atoms with Gasteiger partial charge in [0.15, 0.2) is 11.5 Å². The van der Waals surface area contributed by atoms with E-state index in [1.807, 2.05) is 33.8 Å². The number of Topliss-reactive ketones (excluding diaryl/α,β-unsaturated/α-hetero) is 1. The summed E-state index contributed by atoms with van der Waals surface area (Å²) in [7, 11) is 1.80. The van der Waals surface area contributed by atoms with Gasteiger partial charge in [0, 0.05) is 35.5 Å². The first kappa shape index (κ1) is 42.7. The Hall–Kier alpha value is -3.72. The number of rotatable bonds is 11. The van der Waals surface area contributed by atoms with Crippen LogP contribution in [0.1, 0.15) is 93.2 Å². The van der Waals surface area contributed by atoms with Gasteiger partial charge in [0.2, 0.25) is 0 Å². The molecule has 0 aliphatic carbocycles. The predicted octanol–water partition coefficient (Wildman–Crippen LogP) is 10.7. The van der Waals surface area contributed by atoms with Crippen molar-refractivity contribution in [1.29, 1.82) is 5.26 Å². The third-order valence-corrected chi connectivity index (χ3v) is 6.12. The highest BCUT2D eigenvalue weighted by atomic mass is 19.1. The maximum atomic E-state index is 14.2. The number of nitriles is 1. The highest BCUT2D eigenvalue weighted by Crippen LogP contribution is 2.27. The lowest BCUT2D eigenvalue weighted by Crippen LogP contribution is -2.17. The van der Waals surface area contributed by atoms with Gasteiger partial charge < -0.3 is 10.0 Å². The summed E-state index contributed by atoms with van der Waals surface area (Å²) >= 11 is 0. The highest BCUT2D eigenvalue weighted by molar-refractivity contribution is 6.00. The Bertz CT molecular complexity index is 1130. The van der Waals surface area contributed by atoms with Crippen molar-refractivity contribution in [2.24, 2.45) is 11.8 Å². The van der Waals surface area contributed by atoms with Crippen LogP contribution < -0.4 is 0 Å². The zero-order chi connectivity index (χ0) is 33.6. The van der Waals surface area contributed by atoms with Gasteiger partial charge in [-0.15, -0.1) is 0 Å². The number of halogens is 2. The van der Waals surface area contributed by atoms with Crippen molar-refractivity contribution in [3.8, 4) is 6.07 Å². The van der Waals surface area contributed by atoms with E-state index in [0.717, 1.165) is 11.6 Å². The Morgan fingerprint density at radius 2 is 1.67 bits per heavy atom. The lowest BCUT2D eigenvalue weighted by Gasteiger charge is -2.25. The number of hydrogen-bond donors (Lipinski definition) is 1. The molecule has 0 radical (unpaired) electrons. The molecule has 0 amide bonds. The number of aliphatic hydroxyl groups is 1. The van der Waals surface area contributed by atoms with E-state index in [-0.39, 0.29) is 17.3 Å². The van der Waals surface area contributed by atoms with Crippen molar-refractivity contribution in [2.75, 3.05) is 7.05 Å². The minimum Gasteiger partial charge on any atom is -0.510 e. The van der Waals surface area contributed by atoms with Crippen LogP contribution in [0.4, 0.5) is 8.78 Å². The van der Waals surface area contributed by atoms with E-state index in [4.69, 9.17) is 10.4 Å². The standard InChI is InChI=1S/C23H25FN2O.C6H14.C5H9FO.C2H6/c1-7-10-20(9-3)26(6)22(14-17(8-2)23(27)16(4)5)18-11-12-19(15-25)21(24)13-18;1-4-6(3)5-2;1-4(7)5(2,3)6;1-2/h7-14,16H,1,3H2,2,4-6H3;6H,4-5H2,1-3H3;7H,1H2,2-3H3;1-2H3/b17-8+,20-10+,22-14-;;;. The maximum absolute atomic E-state index is 14.2.